The molecule has 27 heavy (non-hydrogen) atoms. The molecule has 5 nitrogen and oxygen atoms in total. The number of amides is 1. The zero-order valence-corrected chi connectivity index (χ0v) is 16.8. The molecule has 0 N–H and O–H groups in total. The summed E-state index contributed by atoms with van der Waals surface area (Å²) in [5.41, 5.74) is 3.52. The highest BCUT2D eigenvalue weighted by atomic mass is 16.5. The Hall–Kier alpha value is -2.82. The van der Waals surface area contributed by atoms with Crippen LogP contribution in [-0.4, -0.2) is 44.3 Å². The van der Waals surface area contributed by atoms with E-state index in [1.165, 1.54) is 6.92 Å². The number of hydrogen-bond acceptors (Lipinski definition) is 4. The van der Waals surface area contributed by atoms with E-state index in [1.807, 2.05) is 55.1 Å². The first-order valence-corrected chi connectivity index (χ1v) is 9.07. The second-order valence-corrected chi connectivity index (χ2v) is 6.73. The van der Waals surface area contributed by atoms with E-state index >= 15 is 0 Å². The van der Waals surface area contributed by atoms with Gasteiger partial charge in [-0.25, -0.2) is 0 Å². The van der Waals surface area contributed by atoms with Crippen molar-refractivity contribution < 1.29 is 14.3 Å². The van der Waals surface area contributed by atoms with Gasteiger partial charge in [0.2, 0.25) is 5.91 Å². The van der Waals surface area contributed by atoms with Crippen LogP contribution >= 0.6 is 0 Å². The highest BCUT2D eigenvalue weighted by Crippen LogP contribution is 2.22. The molecule has 0 unspecified atom stereocenters. The Morgan fingerprint density at radius 2 is 1.70 bits per heavy atom. The smallest absolute Gasteiger partial charge is 0.227 e. The first kappa shape index (κ1) is 20.5. The van der Waals surface area contributed by atoms with Gasteiger partial charge in [0, 0.05) is 44.0 Å². The monoisotopic (exact) mass is 368 g/mol. The van der Waals surface area contributed by atoms with Crippen LogP contribution in [0.5, 0.6) is 5.75 Å². The number of carbonyl (C=O) groups excluding carboxylic acids is 2. The maximum atomic E-state index is 12.8. The summed E-state index contributed by atoms with van der Waals surface area (Å²) < 4.78 is 5.36. The van der Waals surface area contributed by atoms with Crippen LogP contribution in [0.4, 0.5) is 5.69 Å². The molecule has 2 aromatic carbocycles. The van der Waals surface area contributed by atoms with Crippen molar-refractivity contribution in [3.05, 3.63) is 59.2 Å². The molecular weight excluding hydrogens is 340 g/mol. The van der Waals surface area contributed by atoms with E-state index in [2.05, 4.69) is 0 Å². The molecule has 0 saturated carbocycles. The molecular formula is C22H28N2O3. The summed E-state index contributed by atoms with van der Waals surface area (Å²) >= 11 is 0. The van der Waals surface area contributed by atoms with E-state index in [9.17, 15) is 9.59 Å². The van der Waals surface area contributed by atoms with E-state index in [-0.39, 0.29) is 18.1 Å². The van der Waals surface area contributed by atoms with Gasteiger partial charge in [-0.3, -0.25) is 9.59 Å². The molecule has 0 radical (unpaired) electrons. The Morgan fingerprint density at radius 3 is 2.22 bits per heavy atom. The molecule has 0 aliphatic rings. The quantitative estimate of drug-likeness (QED) is 0.669. The van der Waals surface area contributed by atoms with E-state index in [1.54, 1.807) is 25.3 Å². The third-order valence-corrected chi connectivity index (χ3v) is 4.59. The highest BCUT2D eigenvalue weighted by molar-refractivity contribution is 5.94. The Bertz CT molecular complexity index is 798. The van der Waals surface area contributed by atoms with Gasteiger partial charge in [-0.15, -0.1) is 0 Å². The summed E-state index contributed by atoms with van der Waals surface area (Å²) in [5, 5.41) is 0. The minimum atomic E-state index is -0.0281. The molecule has 0 bridgehead atoms. The summed E-state index contributed by atoms with van der Waals surface area (Å²) in [7, 11) is 5.57. The van der Waals surface area contributed by atoms with E-state index < -0.39 is 0 Å². The lowest BCUT2D eigenvalue weighted by Crippen LogP contribution is -2.31. The standard InChI is InChI=1S/C22H28N2O3/c1-6-24(15-17-7-10-20(11-8-17)23(3)4)22(26)14-19-13-18(16(2)25)9-12-21(19)27-5/h7-13H,6,14-15H2,1-5H3. The fraction of sp³-hybridized carbons (Fsp3) is 0.364. The molecule has 0 fully saturated rings. The van der Waals surface area contributed by atoms with Crippen LogP contribution in [0, 0.1) is 0 Å². The largest absolute Gasteiger partial charge is 0.496 e. The zero-order valence-electron chi connectivity index (χ0n) is 16.8. The molecule has 2 rings (SSSR count). The van der Waals surface area contributed by atoms with Crippen molar-refractivity contribution in [3.63, 3.8) is 0 Å². The predicted octanol–water partition coefficient (Wildman–Crippen LogP) is 3.56. The maximum Gasteiger partial charge on any atom is 0.227 e. The Balaban J connectivity index is 2.15. The number of Topliss-reactive ketones (excluding diaryl/α,β-unsaturated/α-hetero) is 1. The first-order valence-electron chi connectivity index (χ1n) is 9.07. The summed E-state index contributed by atoms with van der Waals surface area (Å²) in [6.07, 6.45) is 0.202. The Labute approximate surface area is 161 Å². The zero-order chi connectivity index (χ0) is 20.0. The molecule has 144 valence electrons. The number of rotatable bonds is 8. The average molecular weight is 368 g/mol. The summed E-state index contributed by atoms with van der Waals surface area (Å²) in [5.74, 6) is 0.604. The molecule has 0 saturated heterocycles. The highest BCUT2D eigenvalue weighted by Gasteiger charge is 2.16. The normalized spacial score (nSPS) is 10.4. The average Bonchev–Trinajstić information content (AvgIpc) is 2.66. The minimum Gasteiger partial charge on any atom is -0.496 e. The van der Waals surface area contributed by atoms with Crippen LogP contribution in [0.15, 0.2) is 42.5 Å². The van der Waals surface area contributed by atoms with Crippen molar-refractivity contribution in [1.29, 1.82) is 0 Å². The van der Waals surface area contributed by atoms with Crippen LogP contribution in [0.2, 0.25) is 0 Å². The lowest BCUT2D eigenvalue weighted by atomic mass is 10.0. The van der Waals surface area contributed by atoms with Crippen molar-refractivity contribution in [2.75, 3.05) is 32.6 Å². The van der Waals surface area contributed by atoms with Gasteiger partial charge in [-0.05, 0) is 49.7 Å². The molecule has 0 aromatic heterocycles. The van der Waals surface area contributed by atoms with E-state index in [0.29, 0.717) is 24.4 Å². The van der Waals surface area contributed by atoms with Crippen LogP contribution in [0.3, 0.4) is 0 Å². The van der Waals surface area contributed by atoms with Gasteiger partial charge in [0.1, 0.15) is 5.75 Å². The summed E-state index contributed by atoms with van der Waals surface area (Å²) in [6, 6.07) is 13.4. The lowest BCUT2D eigenvalue weighted by molar-refractivity contribution is -0.130. The van der Waals surface area contributed by atoms with Gasteiger partial charge >= 0.3 is 0 Å². The number of ketones is 1. The van der Waals surface area contributed by atoms with Crippen molar-refractivity contribution >= 4 is 17.4 Å². The SMILES string of the molecule is CCN(Cc1ccc(N(C)C)cc1)C(=O)Cc1cc(C(C)=O)ccc1OC. The van der Waals surface area contributed by atoms with Crippen LogP contribution < -0.4 is 9.64 Å². The van der Waals surface area contributed by atoms with Crippen LogP contribution in [0.25, 0.3) is 0 Å². The second-order valence-electron chi connectivity index (χ2n) is 6.73. The van der Waals surface area contributed by atoms with Crippen molar-refractivity contribution in [2.45, 2.75) is 26.8 Å². The summed E-state index contributed by atoms with van der Waals surface area (Å²) in [6.45, 7) is 4.65. The molecule has 0 spiro atoms. The Kier molecular flexibility index (Phi) is 6.99. The number of hydrogen-bond donors (Lipinski definition) is 0. The van der Waals surface area contributed by atoms with Gasteiger partial charge in [0.05, 0.1) is 13.5 Å². The number of benzene rings is 2. The molecule has 0 aliphatic carbocycles. The van der Waals surface area contributed by atoms with Crippen molar-refractivity contribution in [1.82, 2.24) is 4.90 Å². The number of nitrogens with zero attached hydrogens (tertiary/aromatic N) is 2. The van der Waals surface area contributed by atoms with Crippen molar-refractivity contribution in [2.24, 2.45) is 0 Å². The topological polar surface area (TPSA) is 49.9 Å². The number of carbonyl (C=O) groups is 2. The third kappa shape index (κ3) is 5.33. The fourth-order valence-electron chi connectivity index (χ4n) is 2.91. The fourth-order valence-corrected chi connectivity index (χ4v) is 2.91. The minimum absolute atomic E-state index is 0.00758. The number of ether oxygens (including phenoxy) is 1. The molecule has 2 aromatic rings. The molecule has 5 heteroatoms. The molecule has 0 atom stereocenters. The van der Waals surface area contributed by atoms with Gasteiger partial charge < -0.3 is 14.5 Å². The van der Waals surface area contributed by atoms with Crippen LogP contribution in [-0.2, 0) is 17.8 Å². The van der Waals surface area contributed by atoms with Crippen molar-refractivity contribution in [3.8, 4) is 5.75 Å². The molecule has 1 amide bonds. The number of anilines is 1. The van der Waals surface area contributed by atoms with Gasteiger partial charge in [0.15, 0.2) is 5.78 Å². The predicted molar refractivity (Wildman–Crippen MR) is 109 cm³/mol. The van der Waals surface area contributed by atoms with Crippen LogP contribution in [0.1, 0.15) is 35.3 Å². The second kappa shape index (κ2) is 9.21. The number of likely N-dealkylation sites (N-methyl/N-ethyl adjacent to an activating group) is 1. The third-order valence-electron chi connectivity index (χ3n) is 4.59. The maximum absolute atomic E-state index is 12.8. The van der Waals surface area contributed by atoms with Gasteiger partial charge in [-0.1, -0.05) is 12.1 Å². The molecule has 0 heterocycles. The number of methoxy groups -OCH3 is 1. The summed E-state index contributed by atoms with van der Waals surface area (Å²) in [4.78, 5) is 28.4. The van der Waals surface area contributed by atoms with Gasteiger partial charge in [-0.2, -0.15) is 0 Å². The van der Waals surface area contributed by atoms with Gasteiger partial charge in [0.25, 0.3) is 0 Å². The first-order chi connectivity index (χ1) is 12.8. The molecule has 0 aliphatic heterocycles. The van der Waals surface area contributed by atoms with E-state index in [0.717, 1.165) is 16.8 Å². The lowest BCUT2D eigenvalue weighted by Gasteiger charge is -2.22. The Morgan fingerprint density at radius 1 is 1.04 bits per heavy atom. The van der Waals surface area contributed by atoms with E-state index in [4.69, 9.17) is 4.74 Å².